The molecule has 0 spiro atoms. The number of nitrogens with two attached hydrogens (primary N) is 1. The van der Waals surface area contributed by atoms with E-state index in [1.807, 2.05) is 61.5 Å². The Balaban J connectivity index is 1.98. The quantitative estimate of drug-likeness (QED) is 0.556. The molecule has 3 nitrogen and oxygen atoms in total. The van der Waals surface area contributed by atoms with Crippen molar-refractivity contribution in [3.05, 3.63) is 65.9 Å². The van der Waals surface area contributed by atoms with Crippen molar-refractivity contribution in [2.75, 3.05) is 0 Å². The summed E-state index contributed by atoms with van der Waals surface area (Å²) in [5.74, 6) is 0.988. The highest BCUT2D eigenvalue weighted by atomic mass is 16.3. The molecule has 2 N–H and O–H groups in total. The van der Waals surface area contributed by atoms with Crippen LogP contribution in [-0.2, 0) is 0 Å². The van der Waals surface area contributed by atoms with Crippen molar-refractivity contribution in [3.63, 3.8) is 0 Å². The SMILES string of the molecule is Cc1ccc(N=C(N)c2cc3ccccc3o2)cc1. The lowest BCUT2D eigenvalue weighted by atomic mass is 10.2. The van der Waals surface area contributed by atoms with Crippen molar-refractivity contribution >= 4 is 22.5 Å². The number of nitrogens with zero attached hydrogens (tertiary/aromatic N) is 1. The Morgan fingerprint density at radius 3 is 2.53 bits per heavy atom. The maximum Gasteiger partial charge on any atom is 0.170 e. The average molecular weight is 250 g/mol. The molecule has 0 saturated heterocycles. The Hall–Kier alpha value is -2.55. The molecule has 1 heterocycles. The lowest BCUT2D eigenvalue weighted by Crippen LogP contribution is -2.11. The molecule has 0 aliphatic heterocycles. The molecule has 0 saturated carbocycles. The first kappa shape index (κ1) is 11.5. The van der Waals surface area contributed by atoms with Gasteiger partial charge in [0.1, 0.15) is 5.58 Å². The van der Waals surface area contributed by atoms with Gasteiger partial charge in [-0.25, -0.2) is 4.99 Å². The van der Waals surface area contributed by atoms with E-state index in [0.717, 1.165) is 16.7 Å². The molecule has 0 fully saturated rings. The fourth-order valence-corrected chi connectivity index (χ4v) is 1.92. The van der Waals surface area contributed by atoms with Crippen molar-refractivity contribution in [1.29, 1.82) is 0 Å². The van der Waals surface area contributed by atoms with Crippen molar-refractivity contribution in [3.8, 4) is 0 Å². The minimum Gasteiger partial charge on any atom is -0.453 e. The van der Waals surface area contributed by atoms with Crippen molar-refractivity contribution in [2.45, 2.75) is 6.92 Å². The molecule has 0 atom stereocenters. The maximum atomic E-state index is 5.99. The third-order valence-corrected chi connectivity index (χ3v) is 2.96. The van der Waals surface area contributed by atoms with Crippen LogP contribution in [0.1, 0.15) is 11.3 Å². The number of amidine groups is 1. The lowest BCUT2D eigenvalue weighted by molar-refractivity contribution is 0.604. The Bertz CT molecular complexity index is 706. The van der Waals surface area contributed by atoms with E-state index in [0.29, 0.717) is 11.6 Å². The van der Waals surface area contributed by atoms with E-state index in [1.54, 1.807) is 0 Å². The van der Waals surface area contributed by atoms with Gasteiger partial charge in [0, 0.05) is 5.39 Å². The molecular weight excluding hydrogens is 236 g/mol. The summed E-state index contributed by atoms with van der Waals surface area (Å²) in [6.07, 6.45) is 0. The van der Waals surface area contributed by atoms with Crippen molar-refractivity contribution in [1.82, 2.24) is 0 Å². The molecule has 0 bridgehead atoms. The largest absolute Gasteiger partial charge is 0.453 e. The van der Waals surface area contributed by atoms with Crippen LogP contribution in [-0.4, -0.2) is 5.84 Å². The van der Waals surface area contributed by atoms with Gasteiger partial charge in [0.25, 0.3) is 0 Å². The zero-order valence-corrected chi connectivity index (χ0v) is 10.6. The number of hydrogen-bond donors (Lipinski definition) is 1. The molecule has 3 heteroatoms. The summed E-state index contributed by atoms with van der Waals surface area (Å²) in [6.45, 7) is 2.04. The van der Waals surface area contributed by atoms with E-state index >= 15 is 0 Å². The standard InChI is InChI=1S/C16H14N2O/c1-11-6-8-13(9-7-11)18-16(17)15-10-12-4-2-3-5-14(12)19-15/h2-10H,1H3,(H2,17,18). The van der Waals surface area contributed by atoms with Gasteiger partial charge in [-0.15, -0.1) is 0 Å². The van der Waals surface area contributed by atoms with Crippen LogP contribution in [0, 0.1) is 6.92 Å². The van der Waals surface area contributed by atoms with Crippen LogP contribution in [0.4, 0.5) is 5.69 Å². The number of rotatable bonds is 2. The van der Waals surface area contributed by atoms with Crippen LogP contribution < -0.4 is 5.73 Å². The molecule has 3 aromatic rings. The van der Waals surface area contributed by atoms with Crippen LogP contribution in [0.3, 0.4) is 0 Å². The van der Waals surface area contributed by atoms with Gasteiger partial charge in [-0.2, -0.15) is 0 Å². The van der Waals surface area contributed by atoms with Crippen molar-refractivity contribution < 1.29 is 4.42 Å². The lowest BCUT2D eigenvalue weighted by Gasteiger charge is -1.97. The van der Waals surface area contributed by atoms with E-state index in [4.69, 9.17) is 10.2 Å². The minimum absolute atomic E-state index is 0.389. The van der Waals surface area contributed by atoms with Gasteiger partial charge in [-0.3, -0.25) is 0 Å². The molecular formula is C16H14N2O. The van der Waals surface area contributed by atoms with Crippen LogP contribution in [0.15, 0.2) is 64.0 Å². The number of para-hydroxylation sites is 1. The predicted octanol–water partition coefficient (Wildman–Crippen LogP) is 3.78. The highest BCUT2D eigenvalue weighted by molar-refractivity contribution is 6.00. The first-order valence-corrected chi connectivity index (χ1v) is 6.12. The first-order valence-electron chi connectivity index (χ1n) is 6.12. The van der Waals surface area contributed by atoms with Crippen LogP contribution in [0.5, 0.6) is 0 Å². The fraction of sp³-hybridized carbons (Fsp3) is 0.0625. The zero-order valence-electron chi connectivity index (χ0n) is 10.6. The van der Waals surface area contributed by atoms with Gasteiger partial charge >= 0.3 is 0 Å². The van der Waals surface area contributed by atoms with Crippen LogP contribution in [0.25, 0.3) is 11.0 Å². The van der Waals surface area contributed by atoms with Crippen molar-refractivity contribution in [2.24, 2.45) is 10.7 Å². The van der Waals surface area contributed by atoms with E-state index in [-0.39, 0.29) is 0 Å². The highest BCUT2D eigenvalue weighted by Crippen LogP contribution is 2.20. The first-order chi connectivity index (χ1) is 9.22. The van der Waals surface area contributed by atoms with Crippen LogP contribution in [0.2, 0.25) is 0 Å². The van der Waals surface area contributed by atoms with Gasteiger partial charge in [0.2, 0.25) is 0 Å². The number of fused-ring (bicyclic) bond motifs is 1. The number of hydrogen-bond acceptors (Lipinski definition) is 2. The number of furan rings is 1. The zero-order chi connectivity index (χ0) is 13.2. The third kappa shape index (κ3) is 2.36. The van der Waals surface area contributed by atoms with E-state index in [9.17, 15) is 0 Å². The Kier molecular flexibility index (Phi) is 2.80. The second-order valence-electron chi connectivity index (χ2n) is 4.48. The second kappa shape index (κ2) is 4.61. The minimum atomic E-state index is 0.389. The summed E-state index contributed by atoms with van der Waals surface area (Å²) in [7, 11) is 0. The molecule has 0 aliphatic rings. The highest BCUT2D eigenvalue weighted by Gasteiger charge is 2.06. The predicted molar refractivity (Wildman–Crippen MR) is 77.8 cm³/mol. The Morgan fingerprint density at radius 1 is 1.05 bits per heavy atom. The molecule has 19 heavy (non-hydrogen) atoms. The number of benzene rings is 2. The van der Waals surface area contributed by atoms with Gasteiger partial charge in [-0.05, 0) is 31.2 Å². The molecule has 0 radical (unpaired) electrons. The van der Waals surface area contributed by atoms with E-state index in [2.05, 4.69) is 4.99 Å². The Morgan fingerprint density at radius 2 is 1.79 bits per heavy atom. The molecule has 0 unspecified atom stereocenters. The summed E-state index contributed by atoms with van der Waals surface area (Å²) >= 11 is 0. The molecule has 2 aromatic carbocycles. The van der Waals surface area contributed by atoms with Crippen LogP contribution >= 0.6 is 0 Å². The van der Waals surface area contributed by atoms with E-state index in [1.165, 1.54) is 5.56 Å². The number of aryl methyl sites for hydroxylation is 1. The smallest absolute Gasteiger partial charge is 0.170 e. The average Bonchev–Trinajstić information content (AvgIpc) is 2.85. The second-order valence-corrected chi connectivity index (χ2v) is 4.48. The van der Waals surface area contributed by atoms with Gasteiger partial charge < -0.3 is 10.2 Å². The Labute approximate surface area is 111 Å². The topological polar surface area (TPSA) is 51.5 Å². The van der Waals surface area contributed by atoms with Gasteiger partial charge in [-0.1, -0.05) is 35.9 Å². The maximum absolute atomic E-state index is 5.99. The monoisotopic (exact) mass is 250 g/mol. The van der Waals surface area contributed by atoms with Gasteiger partial charge in [0.15, 0.2) is 11.6 Å². The summed E-state index contributed by atoms with van der Waals surface area (Å²) in [6, 6.07) is 17.6. The summed E-state index contributed by atoms with van der Waals surface area (Å²) in [4.78, 5) is 4.37. The van der Waals surface area contributed by atoms with Gasteiger partial charge in [0.05, 0.1) is 5.69 Å². The third-order valence-electron chi connectivity index (χ3n) is 2.96. The van der Waals surface area contributed by atoms with E-state index < -0.39 is 0 Å². The molecule has 0 aliphatic carbocycles. The summed E-state index contributed by atoms with van der Waals surface area (Å²) in [5.41, 5.74) is 8.82. The molecule has 1 aromatic heterocycles. The molecule has 94 valence electrons. The normalized spacial score (nSPS) is 11.9. The molecule has 0 amide bonds. The number of aliphatic imine (C=N–C) groups is 1. The summed E-state index contributed by atoms with van der Waals surface area (Å²) in [5, 5.41) is 1.03. The summed E-state index contributed by atoms with van der Waals surface area (Å²) < 4.78 is 5.67. The fourth-order valence-electron chi connectivity index (χ4n) is 1.92. The molecule has 3 rings (SSSR count).